The standard InChI is InChI=1S/C13H18N6O3/c1-9-11(5-14-17(9)4)7-16(3)13(20)8-18-10(2)12(6-15-18)19(21)22/h5-6H,7-8H2,1-4H3. The van der Waals surface area contributed by atoms with E-state index in [1.54, 1.807) is 29.7 Å². The van der Waals surface area contributed by atoms with Crippen LogP contribution in [0.15, 0.2) is 12.4 Å². The highest BCUT2D eigenvalue weighted by atomic mass is 16.6. The number of nitrogens with zero attached hydrogens (tertiary/aromatic N) is 6. The van der Waals surface area contributed by atoms with Gasteiger partial charge in [-0.3, -0.25) is 24.3 Å². The lowest BCUT2D eigenvalue weighted by molar-refractivity contribution is -0.385. The lowest BCUT2D eigenvalue weighted by atomic mass is 10.2. The second-order valence-corrected chi connectivity index (χ2v) is 5.16. The Bertz CT molecular complexity index is 717. The van der Waals surface area contributed by atoms with Crippen LogP contribution in [0.3, 0.4) is 0 Å². The SMILES string of the molecule is Cc1c(CN(C)C(=O)Cn2ncc([N+](=O)[O-])c2C)cnn1C. The van der Waals surface area contributed by atoms with Crippen molar-refractivity contribution >= 4 is 11.6 Å². The Hall–Kier alpha value is -2.71. The fraction of sp³-hybridized carbons (Fsp3) is 0.462. The Labute approximate surface area is 127 Å². The average Bonchev–Trinajstić information content (AvgIpc) is 2.97. The van der Waals surface area contributed by atoms with E-state index in [9.17, 15) is 14.9 Å². The van der Waals surface area contributed by atoms with Crippen LogP contribution in [0.4, 0.5) is 5.69 Å². The number of rotatable bonds is 5. The van der Waals surface area contributed by atoms with Gasteiger partial charge in [0, 0.05) is 31.9 Å². The molecule has 1 amide bonds. The monoisotopic (exact) mass is 306 g/mol. The summed E-state index contributed by atoms with van der Waals surface area (Å²) in [5.41, 5.74) is 2.23. The van der Waals surface area contributed by atoms with Crippen LogP contribution in [0.5, 0.6) is 0 Å². The number of nitro groups is 1. The molecule has 0 aliphatic rings. The van der Waals surface area contributed by atoms with Crippen molar-refractivity contribution in [2.24, 2.45) is 7.05 Å². The van der Waals surface area contributed by atoms with E-state index in [4.69, 9.17) is 0 Å². The molecule has 9 heteroatoms. The maximum atomic E-state index is 12.2. The van der Waals surface area contributed by atoms with E-state index in [1.807, 2.05) is 14.0 Å². The molecular formula is C13H18N6O3. The molecule has 0 aromatic carbocycles. The predicted octanol–water partition coefficient (Wildman–Crippen LogP) is 0.800. The normalized spacial score (nSPS) is 10.7. The highest BCUT2D eigenvalue weighted by Crippen LogP contribution is 2.16. The summed E-state index contributed by atoms with van der Waals surface area (Å²) < 4.78 is 3.09. The molecule has 9 nitrogen and oxygen atoms in total. The molecule has 0 atom stereocenters. The van der Waals surface area contributed by atoms with E-state index in [1.165, 1.54) is 4.68 Å². The third-order valence-corrected chi connectivity index (χ3v) is 3.73. The van der Waals surface area contributed by atoms with Gasteiger partial charge in [-0.1, -0.05) is 0 Å². The minimum atomic E-state index is -0.508. The Morgan fingerprint density at radius 2 is 2.00 bits per heavy atom. The molecule has 0 saturated carbocycles. The average molecular weight is 306 g/mol. The summed E-state index contributed by atoms with van der Waals surface area (Å²) in [5.74, 6) is -0.177. The highest BCUT2D eigenvalue weighted by molar-refractivity contribution is 5.75. The lowest BCUT2D eigenvalue weighted by Gasteiger charge is -2.17. The molecule has 2 heterocycles. The van der Waals surface area contributed by atoms with Gasteiger partial charge in [-0.15, -0.1) is 0 Å². The largest absolute Gasteiger partial charge is 0.340 e. The van der Waals surface area contributed by atoms with Gasteiger partial charge in [0.2, 0.25) is 5.91 Å². The van der Waals surface area contributed by atoms with Crippen molar-refractivity contribution in [3.05, 3.63) is 39.5 Å². The maximum Gasteiger partial charge on any atom is 0.309 e. The summed E-state index contributed by atoms with van der Waals surface area (Å²) in [6.07, 6.45) is 2.89. The number of aryl methyl sites for hydroxylation is 1. The zero-order valence-electron chi connectivity index (χ0n) is 13.0. The third kappa shape index (κ3) is 2.97. The summed E-state index contributed by atoms with van der Waals surface area (Å²) in [5, 5.41) is 18.8. The quantitative estimate of drug-likeness (QED) is 0.601. The first-order chi connectivity index (χ1) is 10.3. The first-order valence-electron chi connectivity index (χ1n) is 6.69. The molecule has 0 N–H and O–H groups in total. The summed E-state index contributed by atoms with van der Waals surface area (Å²) >= 11 is 0. The second-order valence-electron chi connectivity index (χ2n) is 5.16. The van der Waals surface area contributed by atoms with Gasteiger partial charge in [0.1, 0.15) is 18.4 Å². The predicted molar refractivity (Wildman–Crippen MR) is 78.0 cm³/mol. The Morgan fingerprint density at radius 3 is 2.50 bits per heavy atom. The fourth-order valence-corrected chi connectivity index (χ4v) is 2.07. The summed E-state index contributed by atoms with van der Waals surface area (Å²) in [6.45, 7) is 3.90. The molecule has 118 valence electrons. The molecule has 0 fully saturated rings. The van der Waals surface area contributed by atoms with Gasteiger partial charge in [-0.05, 0) is 13.8 Å². The first kappa shape index (κ1) is 15.7. The first-order valence-corrected chi connectivity index (χ1v) is 6.69. The number of amides is 1. The third-order valence-electron chi connectivity index (χ3n) is 3.73. The van der Waals surface area contributed by atoms with Crippen molar-refractivity contribution in [1.82, 2.24) is 24.5 Å². The maximum absolute atomic E-state index is 12.2. The fourth-order valence-electron chi connectivity index (χ4n) is 2.07. The van der Waals surface area contributed by atoms with Crippen LogP contribution in [-0.2, 0) is 24.9 Å². The van der Waals surface area contributed by atoms with Crippen LogP contribution in [0.25, 0.3) is 0 Å². The molecule has 2 aromatic rings. The molecule has 22 heavy (non-hydrogen) atoms. The Balaban J connectivity index is 2.06. The van der Waals surface area contributed by atoms with E-state index in [0.29, 0.717) is 12.2 Å². The molecule has 0 aliphatic heterocycles. The smallest absolute Gasteiger partial charge is 0.309 e. The van der Waals surface area contributed by atoms with Crippen LogP contribution < -0.4 is 0 Å². The lowest BCUT2D eigenvalue weighted by Crippen LogP contribution is -2.30. The van der Waals surface area contributed by atoms with Crippen LogP contribution >= 0.6 is 0 Å². The number of hydrogen-bond acceptors (Lipinski definition) is 5. The number of aromatic nitrogens is 4. The molecule has 0 spiro atoms. The van der Waals surface area contributed by atoms with E-state index >= 15 is 0 Å². The van der Waals surface area contributed by atoms with E-state index in [-0.39, 0.29) is 18.1 Å². The highest BCUT2D eigenvalue weighted by Gasteiger charge is 2.19. The van der Waals surface area contributed by atoms with Crippen molar-refractivity contribution < 1.29 is 9.72 Å². The van der Waals surface area contributed by atoms with Gasteiger partial charge in [-0.25, -0.2) is 0 Å². The minimum Gasteiger partial charge on any atom is -0.340 e. The molecular weight excluding hydrogens is 288 g/mol. The van der Waals surface area contributed by atoms with Crippen molar-refractivity contribution in [3.63, 3.8) is 0 Å². The van der Waals surface area contributed by atoms with Gasteiger partial charge >= 0.3 is 5.69 Å². The van der Waals surface area contributed by atoms with Crippen molar-refractivity contribution in [2.45, 2.75) is 26.9 Å². The Morgan fingerprint density at radius 1 is 1.32 bits per heavy atom. The molecule has 0 radical (unpaired) electrons. The molecule has 0 aliphatic carbocycles. The number of carbonyl (C=O) groups excluding carboxylic acids is 1. The Kier molecular flexibility index (Phi) is 4.25. The van der Waals surface area contributed by atoms with E-state index in [0.717, 1.165) is 17.5 Å². The van der Waals surface area contributed by atoms with Crippen molar-refractivity contribution in [3.8, 4) is 0 Å². The minimum absolute atomic E-state index is 0.0323. The van der Waals surface area contributed by atoms with Crippen molar-refractivity contribution in [1.29, 1.82) is 0 Å². The topological polar surface area (TPSA) is 99.1 Å². The molecule has 0 unspecified atom stereocenters. The summed E-state index contributed by atoms with van der Waals surface area (Å²) in [7, 11) is 3.52. The van der Waals surface area contributed by atoms with Gasteiger partial charge in [0.15, 0.2) is 0 Å². The van der Waals surface area contributed by atoms with Crippen molar-refractivity contribution in [2.75, 3.05) is 7.05 Å². The summed E-state index contributed by atoms with van der Waals surface area (Å²) in [6, 6.07) is 0. The molecule has 2 rings (SSSR count). The van der Waals surface area contributed by atoms with Gasteiger partial charge in [-0.2, -0.15) is 10.2 Å². The van der Waals surface area contributed by atoms with Gasteiger partial charge < -0.3 is 4.90 Å². The van der Waals surface area contributed by atoms with Gasteiger partial charge in [0.25, 0.3) is 0 Å². The van der Waals surface area contributed by atoms with Crippen LogP contribution in [-0.4, -0.2) is 42.3 Å². The van der Waals surface area contributed by atoms with Crippen LogP contribution in [0.1, 0.15) is 17.0 Å². The second kappa shape index (κ2) is 5.96. The number of likely N-dealkylation sites (N-methyl/N-ethyl adjacent to an activating group) is 1. The van der Waals surface area contributed by atoms with Gasteiger partial charge in [0.05, 0.1) is 11.1 Å². The molecule has 0 bridgehead atoms. The molecule has 2 aromatic heterocycles. The van der Waals surface area contributed by atoms with Crippen LogP contribution in [0, 0.1) is 24.0 Å². The van der Waals surface area contributed by atoms with E-state index in [2.05, 4.69) is 10.2 Å². The zero-order chi connectivity index (χ0) is 16.4. The zero-order valence-corrected chi connectivity index (χ0v) is 13.0. The molecule has 0 saturated heterocycles. The number of carbonyl (C=O) groups is 1. The van der Waals surface area contributed by atoms with Crippen LogP contribution in [0.2, 0.25) is 0 Å². The van der Waals surface area contributed by atoms with E-state index < -0.39 is 4.92 Å². The summed E-state index contributed by atoms with van der Waals surface area (Å²) in [4.78, 5) is 24.1. The number of hydrogen-bond donors (Lipinski definition) is 0.